The average molecular weight is 279 g/mol. The summed E-state index contributed by atoms with van der Waals surface area (Å²) >= 11 is 0. The highest BCUT2D eigenvalue weighted by Crippen LogP contribution is 2.21. The summed E-state index contributed by atoms with van der Waals surface area (Å²) in [7, 11) is 1.57. The second-order valence-electron chi connectivity index (χ2n) is 5.01. The summed E-state index contributed by atoms with van der Waals surface area (Å²) in [5.74, 6) is 0.692. The molecule has 0 aliphatic rings. The molecule has 0 bridgehead atoms. The van der Waals surface area contributed by atoms with Crippen molar-refractivity contribution in [2.45, 2.75) is 45.6 Å². The van der Waals surface area contributed by atoms with E-state index in [-0.39, 0.29) is 5.91 Å². The van der Waals surface area contributed by atoms with Crippen molar-refractivity contribution < 1.29 is 14.3 Å². The highest BCUT2D eigenvalue weighted by molar-refractivity contribution is 5.97. The average Bonchev–Trinajstić information content (AvgIpc) is 2.46. The molecule has 0 heterocycles. The molecule has 0 radical (unpaired) electrons. The van der Waals surface area contributed by atoms with E-state index in [2.05, 4.69) is 12.2 Å². The van der Waals surface area contributed by atoms with Gasteiger partial charge in [-0.2, -0.15) is 0 Å². The van der Waals surface area contributed by atoms with E-state index in [9.17, 15) is 4.79 Å². The molecule has 1 N–H and O–H groups in total. The van der Waals surface area contributed by atoms with Crippen molar-refractivity contribution >= 4 is 11.6 Å². The molecule has 1 aromatic carbocycles. The van der Waals surface area contributed by atoms with Crippen LogP contribution in [0, 0.1) is 0 Å². The summed E-state index contributed by atoms with van der Waals surface area (Å²) in [5, 5.41) is 2.88. The Hall–Kier alpha value is -1.55. The van der Waals surface area contributed by atoms with E-state index in [1.54, 1.807) is 7.11 Å². The predicted octanol–water partition coefficient (Wildman–Crippen LogP) is 3.62. The van der Waals surface area contributed by atoms with Gasteiger partial charge in [-0.3, -0.25) is 4.79 Å². The first kappa shape index (κ1) is 16.5. The molecule has 112 valence electrons. The summed E-state index contributed by atoms with van der Waals surface area (Å²) in [6.07, 6.45) is 2.55. The standard InChI is InChI=1S/C16H25NO3/c1-5-11-16(3,19-4)15(18)17-13-7-9-14(10-8-13)20-12-6-2/h7-10H,5-6,11-12H2,1-4H3,(H,17,18). The van der Waals surface area contributed by atoms with E-state index in [0.29, 0.717) is 13.0 Å². The molecule has 0 aliphatic heterocycles. The van der Waals surface area contributed by atoms with Gasteiger partial charge < -0.3 is 14.8 Å². The van der Waals surface area contributed by atoms with Crippen LogP contribution in [0.25, 0.3) is 0 Å². The van der Waals surface area contributed by atoms with E-state index in [0.717, 1.165) is 24.3 Å². The molecule has 1 rings (SSSR count). The van der Waals surface area contributed by atoms with Crippen LogP contribution >= 0.6 is 0 Å². The zero-order chi connectivity index (χ0) is 15.0. The van der Waals surface area contributed by atoms with Crippen molar-refractivity contribution in [3.05, 3.63) is 24.3 Å². The maximum atomic E-state index is 12.2. The molecule has 0 spiro atoms. The van der Waals surface area contributed by atoms with Crippen LogP contribution in [-0.2, 0) is 9.53 Å². The fourth-order valence-corrected chi connectivity index (χ4v) is 1.90. The first-order valence-corrected chi connectivity index (χ1v) is 7.15. The summed E-state index contributed by atoms with van der Waals surface area (Å²) in [4.78, 5) is 12.2. The van der Waals surface area contributed by atoms with E-state index in [4.69, 9.17) is 9.47 Å². The first-order valence-electron chi connectivity index (χ1n) is 7.15. The van der Waals surface area contributed by atoms with Crippen LogP contribution in [0.3, 0.4) is 0 Å². The second-order valence-corrected chi connectivity index (χ2v) is 5.01. The normalized spacial score (nSPS) is 13.6. The molecule has 0 aromatic heterocycles. The van der Waals surface area contributed by atoms with Crippen LogP contribution in [0.15, 0.2) is 24.3 Å². The lowest BCUT2D eigenvalue weighted by atomic mass is 9.99. The van der Waals surface area contributed by atoms with Gasteiger partial charge in [0.2, 0.25) is 0 Å². The number of methoxy groups -OCH3 is 1. The fraction of sp³-hybridized carbons (Fsp3) is 0.562. The highest BCUT2D eigenvalue weighted by atomic mass is 16.5. The van der Waals surface area contributed by atoms with E-state index in [1.807, 2.05) is 38.1 Å². The van der Waals surface area contributed by atoms with Gasteiger partial charge in [-0.25, -0.2) is 0 Å². The molecular weight excluding hydrogens is 254 g/mol. The predicted molar refractivity (Wildman–Crippen MR) is 81.2 cm³/mol. The molecule has 1 atom stereocenters. The Balaban J connectivity index is 2.65. The highest BCUT2D eigenvalue weighted by Gasteiger charge is 2.31. The summed E-state index contributed by atoms with van der Waals surface area (Å²) in [5.41, 5.74) is -0.0372. The number of carbonyl (C=O) groups is 1. The van der Waals surface area contributed by atoms with Gasteiger partial charge in [0.25, 0.3) is 5.91 Å². The fourth-order valence-electron chi connectivity index (χ4n) is 1.90. The lowest BCUT2D eigenvalue weighted by Gasteiger charge is -2.26. The number of carbonyl (C=O) groups excluding carboxylic acids is 1. The van der Waals surface area contributed by atoms with Crippen LogP contribution in [0.1, 0.15) is 40.0 Å². The molecule has 1 aromatic rings. The minimum Gasteiger partial charge on any atom is -0.494 e. The summed E-state index contributed by atoms with van der Waals surface area (Å²) in [6, 6.07) is 7.39. The van der Waals surface area contributed by atoms with Crippen LogP contribution in [-0.4, -0.2) is 25.2 Å². The van der Waals surface area contributed by atoms with Crippen LogP contribution in [0.4, 0.5) is 5.69 Å². The molecule has 1 amide bonds. The Kier molecular flexibility index (Phi) is 6.52. The van der Waals surface area contributed by atoms with Gasteiger partial charge in [-0.15, -0.1) is 0 Å². The maximum Gasteiger partial charge on any atom is 0.256 e. The Morgan fingerprint density at radius 2 is 1.85 bits per heavy atom. The molecule has 4 heteroatoms. The molecular formula is C16H25NO3. The molecule has 20 heavy (non-hydrogen) atoms. The van der Waals surface area contributed by atoms with Gasteiger partial charge in [0.05, 0.1) is 6.61 Å². The van der Waals surface area contributed by atoms with Crippen molar-refractivity contribution in [3.8, 4) is 5.75 Å². The Morgan fingerprint density at radius 3 is 2.35 bits per heavy atom. The number of nitrogens with one attached hydrogen (secondary N) is 1. The monoisotopic (exact) mass is 279 g/mol. The third-order valence-electron chi connectivity index (χ3n) is 3.24. The Labute approximate surface area is 121 Å². The molecule has 0 saturated carbocycles. The van der Waals surface area contributed by atoms with Crippen molar-refractivity contribution in [2.75, 3.05) is 19.0 Å². The van der Waals surface area contributed by atoms with Gasteiger partial charge >= 0.3 is 0 Å². The summed E-state index contributed by atoms with van der Waals surface area (Å²) in [6.45, 7) is 6.60. The quantitative estimate of drug-likeness (QED) is 0.790. The largest absolute Gasteiger partial charge is 0.494 e. The lowest BCUT2D eigenvalue weighted by Crippen LogP contribution is -2.41. The van der Waals surface area contributed by atoms with Gasteiger partial charge in [0.1, 0.15) is 11.4 Å². The first-order chi connectivity index (χ1) is 9.55. The molecule has 0 fully saturated rings. The number of hydrogen-bond donors (Lipinski definition) is 1. The number of benzene rings is 1. The molecule has 1 unspecified atom stereocenters. The van der Waals surface area contributed by atoms with Crippen LogP contribution in [0.2, 0.25) is 0 Å². The maximum absolute atomic E-state index is 12.2. The lowest BCUT2D eigenvalue weighted by molar-refractivity contribution is -0.136. The van der Waals surface area contributed by atoms with Gasteiger partial charge in [-0.05, 0) is 44.0 Å². The number of hydrogen-bond acceptors (Lipinski definition) is 3. The third-order valence-corrected chi connectivity index (χ3v) is 3.24. The summed E-state index contributed by atoms with van der Waals surface area (Å²) < 4.78 is 10.9. The number of anilines is 1. The minimum atomic E-state index is -0.786. The third kappa shape index (κ3) is 4.53. The number of amides is 1. The van der Waals surface area contributed by atoms with E-state index in [1.165, 1.54) is 0 Å². The minimum absolute atomic E-state index is 0.121. The zero-order valence-electron chi connectivity index (χ0n) is 12.9. The van der Waals surface area contributed by atoms with Gasteiger partial charge in [0, 0.05) is 12.8 Å². The van der Waals surface area contributed by atoms with Gasteiger partial charge in [-0.1, -0.05) is 20.3 Å². The van der Waals surface area contributed by atoms with E-state index >= 15 is 0 Å². The van der Waals surface area contributed by atoms with Crippen molar-refractivity contribution in [1.29, 1.82) is 0 Å². The van der Waals surface area contributed by atoms with Crippen molar-refractivity contribution in [2.24, 2.45) is 0 Å². The van der Waals surface area contributed by atoms with Crippen LogP contribution < -0.4 is 10.1 Å². The molecule has 4 nitrogen and oxygen atoms in total. The Bertz CT molecular complexity index is 416. The zero-order valence-corrected chi connectivity index (χ0v) is 12.9. The molecule has 0 saturated heterocycles. The number of rotatable bonds is 8. The van der Waals surface area contributed by atoms with Crippen LogP contribution in [0.5, 0.6) is 5.75 Å². The van der Waals surface area contributed by atoms with Gasteiger partial charge in [0.15, 0.2) is 0 Å². The second kappa shape index (κ2) is 7.90. The Morgan fingerprint density at radius 1 is 1.20 bits per heavy atom. The smallest absolute Gasteiger partial charge is 0.256 e. The number of ether oxygens (including phenoxy) is 2. The van der Waals surface area contributed by atoms with Crippen molar-refractivity contribution in [1.82, 2.24) is 0 Å². The SMILES string of the molecule is CCCOc1ccc(NC(=O)C(C)(CCC)OC)cc1. The van der Waals surface area contributed by atoms with E-state index < -0.39 is 5.60 Å². The molecule has 0 aliphatic carbocycles. The van der Waals surface area contributed by atoms with Crippen molar-refractivity contribution in [3.63, 3.8) is 0 Å². The topological polar surface area (TPSA) is 47.6 Å².